The van der Waals surface area contributed by atoms with E-state index >= 15 is 0 Å². The van der Waals surface area contributed by atoms with Gasteiger partial charge >= 0.3 is 0 Å². The number of likely N-dealkylation sites (N-methyl/N-ethyl adjacent to an activating group) is 1. The summed E-state index contributed by atoms with van der Waals surface area (Å²) in [5.41, 5.74) is 1.01. The lowest BCUT2D eigenvalue weighted by Crippen LogP contribution is -2.19. The number of amides is 1. The smallest absolute Gasteiger partial charge is 0.269 e. The topological polar surface area (TPSA) is 40.5 Å². The molecule has 1 N–H and O–H groups in total. The van der Waals surface area contributed by atoms with Crippen molar-refractivity contribution in [1.82, 2.24) is 5.06 Å². The third-order valence-corrected chi connectivity index (χ3v) is 3.57. The number of carbonyl (C=O) groups excluding carboxylic acids is 1. The molecule has 18 heavy (non-hydrogen) atoms. The molecule has 0 atom stereocenters. The van der Waals surface area contributed by atoms with Gasteiger partial charge in [0.25, 0.3) is 5.91 Å². The van der Waals surface area contributed by atoms with Crippen molar-refractivity contribution < 1.29 is 10.0 Å². The molecule has 0 spiro atoms. The second-order valence-electron chi connectivity index (χ2n) is 3.94. The maximum Gasteiger partial charge on any atom is 0.269 e. The number of thioether (sulfide) groups is 1. The van der Waals surface area contributed by atoms with Crippen LogP contribution in [-0.2, 0) is 4.79 Å². The zero-order valence-electron chi connectivity index (χ0n) is 10.8. The largest absolute Gasteiger partial charge is 0.286 e. The van der Waals surface area contributed by atoms with E-state index in [1.54, 1.807) is 17.8 Å². The fourth-order valence-electron chi connectivity index (χ4n) is 1.35. The standard InChI is InChI=1S/C14H19NO2S/c1-3-4-11-18-13-8-6-5-7-12(13)9-10-14(16)15(2)17/h5-10,17H,3-4,11H2,1-2H3/b10-9+. The first-order valence-corrected chi connectivity index (χ1v) is 7.00. The quantitative estimate of drug-likeness (QED) is 0.282. The molecule has 0 saturated heterocycles. The lowest BCUT2D eigenvalue weighted by Gasteiger charge is -2.06. The molecule has 1 aromatic rings. The van der Waals surface area contributed by atoms with Crippen LogP contribution in [-0.4, -0.2) is 29.0 Å². The molecule has 0 fully saturated rings. The van der Waals surface area contributed by atoms with Gasteiger partial charge in [0, 0.05) is 18.0 Å². The fraction of sp³-hybridized carbons (Fsp3) is 0.357. The normalized spacial score (nSPS) is 10.8. The van der Waals surface area contributed by atoms with Gasteiger partial charge in [-0.25, -0.2) is 5.06 Å². The average molecular weight is 265 g/mol. The summed E-state index contributed by atoms with van der Waals surface area (Å²) in [6, 6.07) is 7.95. The van der Waals surface area contributed by atoms with E-state index in [1.807, 2.05) is 24.3 Å². The van der Waals surface area contributed by atoms with Crippen molar-refractivity contribution in [3.05, 3.63) is 35.9 Å². The molecule has 0 aliphatic heterocycles. The van der Waals surface area contributed by atoms with E-state index in [0.717, 1.165) is 16.2 Å². The fourth-order valence-corrected chi connectivity index (χ4v) is 2.48. The van der Waals surface area contributed by atoms with Gasteiger partial charge in [-0.2, -0.15) is 0 Å². The highest BCUT2D eigenvalue weighted by molar-refractivity contribution is 7.99. The lowest BCUT2D eigenvalue weighted by atomic mass is 10.2. The Morgan fingerprint density at radius 2 is 2.17 bits per heavy atom. The Bertz CT molecular complexity index is 416. The minimum atomic E-state index is -0.427. The van der Waals surface area contributed by atoms with Crippen LogP contribution < -0.4 is 0 Å². The number of hydrogen-bond acceptors (Lipinski definition) is 3. The van der Waals surface area contributed by atoms with Crippen molar-refractivity contribution in [2.75, 3.05) is 12.8 Å². The summed E-state index contributed by atoms with van der Waals surface area (Å²) in [4.78, 5) is 12.4. The maximum absolute atomic E-state index is 11.3. The first kappa shape index (κ1) is 14.8. The Balaban J connectivity index is 2.72. The van der Waals surface area contributed by atoms with Crippen LogP contribution in [0.5, 0.6) is 0 Å². The SMILES string of the molecule is CCCCSc1ccccc1/C=C/C(=O)N(C)O. The zero-order chi connectivity index (χ0) is 13.4. The summed E-state index contributed by atoms with van der Waals surface area (Å²) < 4.78 is 0. The van der Waals surface area contributed by atoms with Crippen molar-refractivity contribution in [2.24, 2.45) is 0 Å². The highest BCUT2D eigenvalue weighted by atomic mass is 32.2. The molecule has 0 aliphatic rings. The Kier molecular flexibility index (Phi) is 6.54. The number of nitrogens with zero attached hydrogens (tertiary/aromatic N) is 1. The van der Waals surface area contributed by atoms with E-state index in [0.29, 0.717) is 5.06 Å². The van der Waals surface area contributed by atoms with Gasteiger partial charge < -0.3 is 0 Å². The van der Waals surface area contributed by atoms with Crippen LogP contribution in [0.2, 0.25) is 0 Å². The first-order valence-electron chi connectivity index (χ1n) is 6.01. The monoisotopic (exact) mass is 265 g/mol. The van der Waals surface area contributed by atoms with Crippen LogP contribution in [0.25, 0.3) is 6.08 Å². The van der Waals surface area contributed by atoms with Gasteiger partial charge in [-0.05, 0) is 29.9 Å². The van der Waals surface area contributed by atoms with Crippen molar-refractivity contribution in [3.8, 4) is 0 Å². The lowest BCUT2D eigenvalue weighted by molar-refractivity contribution is -0.153. The molecule has 1 aromatic carbocycles. The highest BCUT2D eigenvalue weighted by Crippen LogP contribution is 2.24. The van der Waals surface area contributed by atoms with Gasteiger partial charge in [0.1, 0.15) is 0 Å². The van der Waals surface area contributed by atoms with Crippen LogP contribution in [0.1, 0.15) is 25.3 Å². The van der Waals surface area contributed by atoms with Crippen LogP contribution in [0.15, 0.2) is 35.2 Å². The Hall–Kier alpha value is -1.26. The van der Waals surface area contributed by atoms with E-state index in [4.69, 9.17) is 5.21 Å². The molecule has 0 saturated carbocycles. The second-order valence-corrected chi connectivity index (χ2v) is 5.07. The molecule has 4 heteroatoms. The molecular weight excluding hydrogens is 246 g/mol. The number of rotatable bonds is 6. The molecule has 1 amide bonds. The minimum Gasteiger partial charge on any atom is -0.286 e. The molecule has 0 radical (unpaired) electrons. The first-order chi connectivity index (χ1) is 8.65. The summed E-state index contributed by atoms with van der Waals surface area (Å²) in [5.74, 6) is 0.651. The Morgan fingerprint density at radius 1 is 1.44 bits per heavy atom. The van der Waals surface area contributed by atoms with Crippen LogP contribution in [0, 0.1) is 0 Å². The van der Waals surface area contributed by atoms with Crippen molar-refractivity contribution in [1.29, 1.82) is 0 Å². The summed E-state index contributed by atoms with van der Waals surface area (Å²) >= 11 is 1.79. The van der Waals surface area contributed by atoms with Gasteiger partial charge in [0.15, 0.2) is 0 Å². The van der Waals surface area contributed by atoms with E-state index in [9.17, 15) is 4.79 Å². The van der Waals surface area contributed by atoms with Crippen LogP contribution in [0.3, 0.4) is 0 Å². The molecule has 0 unspecified atom stereocenters. The van der Waals surface area contributed by atoms with Crippen LogP contribution in [0.4, 0.5) is 0 Å². The highest BCUT2D eigenvalue weighted by Gasteiger charge is 2.02. The van der Waals surface area contributed by atoms with Gasteiger partial charge in [0.05, 0.1) is 0 Å². The zero-order valence-corrected chi connectivity index (χ0v) is 11.6. The molecule has 0 aliphatic carbocycles. The van der Waals surface area contributed by atoms with Crippen molar-refractivity contribution in [3.63, 3.8) is 0 Å². The van der Waals surface area contributed by atoms with E-state index < -0.39 is 5.91 Å². The third-order valence-electron chi connectivity index (χ3n) is 2.40. The number of hydroxylamine groups is 2. The Labute approximate surface area is 112 Å². The summed E-state index contributed by atoms with van der Waals surface area (Å²) in [5, 5.41) is 9.54. The average Bonchev–Trinajstić information content (AvgIpc) is 2.37. The molecule has 0 bridgehead atoms. The maximum atomic E-state index is 11.3. The summed E-state index contributed by atoms with van der Waals surface area (Å²) in [6.45, 7) is 2.17. The molecule has 0 heterocycles. The molecular formula is C14H19NO2S. The van der Waals surface area contributed by atoms with Crippen molar-refractivity contribution in [2.45, 2.75) is 24.7 Å². The predicted molar refractivity (Wildman–Crippen MR) is 75.7 cm³/mol. The van der Waals surface area contributed by atoms with Gasteiger partial charge in [0.2, 0.25) is 0 Å². The van der Waals surface area contributed by atoms with Crippen molar-refractivity contribution >= 4 is 23.7 Å². The third kappa shape index (κ3) is 4.94. The minimum absolute atomic E-state index is 0.427. The molecule has 1 rings (SSSR count). The Morgan fingerprint density at radius 3 is 2.83 bits per heavy atom. The van der Waals surface area contributed by atoms with Gasteiger partial charge in [-0.1, -0.05) is 31.5 Å². The van der Waals surface area contributed by atoms with Gasteiger partial charge in [-0.15, -0.1) is 11.8 Å². The second kappa shape index (κ2) is 7.95. The van der Waals surface area contributed by atoms with Crippen LogP contribution >= 0.6 is 11.8 Å². The molecule has 0 aromatic heterocycles. The van der Waals surface area contributed by atoms with E-state index in [2.05, 4.69) is 6.92 Å². The summed E-state index contributed by atoms with van der Waals surface area (Å²) in [7, 11) is 1.31. The van der Waals surface area contributed by atoms with E-state index in [-0.39, 0.29) is 0 Å². The number of carbonyl (C=O) groups is 1. The predicted octanol–water partition coefficient (Wildman–Crippen LogP) is 3.44. The molecule has 3 nitrogen and oxygen atoms in total. The number of hydrogen-bond donors (Lipinski definition) is 1. The number of benzene rings is 1. The number of unbranched alkanes of at least 4 members (excludes halogenated alkanes) is 1. The van der Waals surface area contributed by atoms with E-state index in [1.165, 1.54) is 26.0 Å². The van der Waals surface area contributed by atoms with Gasteiger partial charge in [-0.3, -0.25) is 10.0 Å². The summed E-state index contributed by atoms with van der Waals surface area (Å²) in [6.07, 6.45) is 5.47. The molecule has 98 valence electrons.